The summed E-state index contributed by atoms with van der Waals surface area (Å²) in [5.74, 6) is -1.11. The predicted octanol–water partition coefficient (Wildman–Crippen LogP) is 2.38. The minimum absolute atomic E-state index is 0.0734. The van der Waals surface area contributed by atoms with E-state index in [1.54, 1.807) is 31.2 Å². The van der Waals surface area contributed by atoms with Gasteiger partial charge in [0, 0.05) is 11.3 Å². The van der Waals surface area contributed by atoms with Crippen LogP contribution in [0.5, 0.6) is 0 Å². The Kier molecular flexibility index (Phi) is 3.32. The van der Waals surface area contributed by atoms with Crippen LogP contribution in [0.4, 0.5) is 4.39 Å². The standard InChI is InChI=1S/C13H11FN2O2/c1-8-7-11(9-5-3-4-6-10(9)14)16-12(15-8)13(17)18-2/h3-7H,1-2H3. The topological polar surface area (TPSA) is 52.1 Å². The molecule has 5 heteroatoms. The molecule has 1 heterocycles. The Balaban J connectivity index is 2.55. The van der Waals surface area contributed by atoms with Crippen molar-refractivity contribution in [2.45, 2.75) is 6.92 Å². The Hall–Kier alpha value is -2.30. The first-order valence-corrected chi connectivity index (χ1v) is 5.30. The number of nitrogens with zero attached hydrogens (tertiary/aromatic N) is 2. The van der Waals surface area contributed by atoms with Crippen LogP contribution in [-0.2, 0) is 4.74 Å². The average Bonchev–Trinajstić information content (AvgIpc) is 2.37. The molecule has 4 nitrogen and oxygen atoms in total. The van der Waals surface area contributed by atoms with Crippen molar-refractivity contribution >= 4 is 5.97 Å². The van der Waals surface area contributed by atoms with Gasteiger partial charge in [0.25, 0.3) is 0 Å². The molecular weight excluding hydrogens is 235 g/mol. The third-order valence-electron chi connectivity index (χ3n) is 2.37. The van der Waals surface area contributed by atoms with E-state index in [1.807, 2.05) is 0 Å². The van der Waals surface area contributed by atoms with Crippen LogP contribution >= 0.6 is 0 Å². The zero-order valence-electron chi connectivity index (χ0n) is 9.98. The SMILES string of the molecule is COC(=O)c1nc(C)cc(-c2ccccc2F)n1. The van der Waals surface area contributed by atoms with Gasteiger partial charge in [0.15, 0.2) is 0 Å². The van der Waals surface area contributed by atoms with E-state index >= 15 is 0 Å². The van der Waals surface area contributed by atoms with Crippen molar-refractivity contribution < 1.29 is 13.9 Å². The molecule has 0 amide bonds. The first-order valence-electron chi connectivity index (χ1n) is 5.30. The lowest BCUT2D eigenvalue weighted by molar-refractivity contribution is 0.0586. The normalized spacial score (nSPS) is 10.2. The number of esters is 1. The summed E-state index contributed by atoms with van der Waals surface area (Å²) in [5, 5.41) is 0. The third-order valence-corrected chi connectivity index (χ3v) is 2.37. The van der Waals surface area contributed by atoms with E-state index in [9.17, 15) is 9.18 Å². The molecule has 2 rings (SSSR count). The number of halogens is 1. The van der Waals surface area contributed by atoms with E-state index in [4.69, 9.17) is 0 Å². The van der Waals surface area contributed by atoms with Crippen molar-refractivity contribution in [2.24, 2.45) is 0 Å². The zero-order chi connectivity index (χ0) is 13.1. The summed E-state index contributed by atoms with van der Waals surface area (Å²) in [7, 11) is 1.25. The van der Waals surface area contributed by atoms with Crippen LogP contribution in [0.2, 0.25) is 0 Å². The molecule has 0 atom stereocenters. The highest BCUT2D eigenvalue weighted by Gasteiger charge is 2.14. The average molecular weight is 246 g/mol. The highest BCUT2D eigenvalue weighted by atomic mass is 19.1. The molecular formula is C13H11FN2O2. The summed E-state index contributed by atoms with van der Waals surface area (Å²) >= 11 is 0. The third kappa shape index (κ3) is 2.34. The van der Waals surface area contributed by atoms with Crippen molar-refractivity contribution in [1.29, 1.82) is 0 Å². The maximum absolute atomic E-state index is 13.6. The van der Waals surface area contributed by atoms with Crippen LogP contribution in [0.1, 0.15) is 16.3 Å². The Labute approximate surface area is 103 Å². The Morgan fingerprint density at radius 2 is 2.00 bits per heavy atom. The Morgan fingerprint density at radius 3 is 2.67 bits per heavy atom. The number of benzene rings is 1. The van der Waals surface area contributed by atoms with Crippen LogP contribution in [0.25, 0.3) is 11.3 Å². The van der Waals surface area contributed by atoms with Gasteiger partial charge in [0.05, 0.1) is 12.8 Å². The van der Waals surface area contributed by atoms with E-state index in [2.05, 4.69) is 14.7 Å². The first kappa shape index (κ1) is 12.2. The summed E-state index contributed by atoms with van der Waals surface area (Å²) in [6, 6.07) is 7.84. The lowest BCUT2D eigenvalue weighted by Crippen LogP contribution is -2.09. The minimum atomic E-state index is -0.642. The van der Waals surface area contributed by atoms with Crippen molar-refractivity contribution in [1.82, 2.24) is 9.97 Å². The molecule has 2 aromatic rings. The van der Waals surface area contributed by atoms with Gasteiger partial charge in [-0.15, -0.1) is 0 Å². The number of ether oxygens (including phenoxy) is 1. The molecule has 0 aliphatic carbocycles. The van der Waals surface area contributed by atoms with Crippen molar-refractivity contribution in [3.8, 4) is 11.3 Å². The predicted molar refractivity (Wildman–Crippen MR) is 63.5 cm³/mol. The van der Waals surface area contributed by atoms with Gasteiger partial charge in [-0.3, -0.25) is 0 Å². The van der Waals surface area contributed by atoms with E-state index in [0.29, 0.717) is 17.0 Å². The maximum atomic E-state index is 13.6. The fourth-order valence-electron chi connectivity index (χ4n) is 1.56. The van der Waals surface area contributed by atoms with Crippen molar-refractivity contribution in [2.75, 3.05) is 7.11 Å². The molecule has 0 unspecified atom stereocenters. The van der Waals surface area contributed by atoms with Gasteiger partial charge >= 0.3 is 5.97 Å². The lowest BCUT2D eigenvalue weighted by atomic mass is 10.1. The van der Waals surface area contributed by atoms with Crippen LogP contribution in [0.15, 0.2) is 30.3 Å². The van der Waals surface area contributed by atoms with E-state index in [1.165, 1.54) is 13.2 Å². The van der Waals surface area contributed by atoms with E-state index in [-0.39, 0.29) is 5.82 Å². The molecule has 0 fully saturated rings. The monoisotopic (exact) mass is 246 g/mol. The Bertz CT molecular complexity index is 599. The molecule has 0 spiro atoms. The highest BCUT2D eigenvalue weighted by molar-refractivity contribution is 5.85. The molecule has 92 valence electrons. The quantitative estimate of drug-likeness (QED) is 0.763. The number of methoxy groups -OCH3 is 1. The number of carbonyl (C=O) groups excluding carboxylic acids is 1. The highest BCUT2D eigenvalue weighted by Crippen LogP contribution is 2.21. The molecule has 1 aromatic carbocycles. The molecule has 0 saturated carbocycles. The number of hydrogen-bond donors (Lipinski definition) is 0. The van der Waals surface area contributed by atoms with E-state index < -0.39 is 11.8 Å². The van der Waals surface area contributed by atoms with E-state index in [0.717, 1.165) is 0 Å². The number of aryl methyl sites for hydroxylation is 1. The molecule has 0 aliphatic rings. The van der Waals surface area contributed by atoms with Gasteiger partial charge in [-0.25, -0.2) is 19.2 Å². The number of aromatic nitrogens is 2. The molecule has 1 aromatic heterocycles. The fourth-order valence-corrected chi connectivity index (χ4v) is 1.56. The maximum Gasteiger partial charge on any atom is 0.376 e. The Morgan fingerprint density at radius 1 is 1.28 bits per heavy atom. The van der Waals surface area contributed by atoms with Gasteiger partial charge < -0.3 is 4.74 Å². The molecule has 0 aliphatic heterocycles. The van der Waals surface area contributed by atoms with Gasteiger partial charge in [-0.05, 0) is 25.1 Å². The van der Waals surface area contributed by atoms with Gasteiger partial charge in [0.1, 0.15) is 5.82 Å². The largest absolute Gasteiger partial charge is 0.463 e. The molecule has 0 N–H and O–H groups in total. The first-order chi connectivity index (χ1) is 8.61. The number of carbonyl (C=O) groups is 1. The second kappa shape index (κ2) is 4.91. The second-order valence-electron chi connectivity index (χ2n) is 3.69. The van der Waals surface area contributed by atoms with Crippen LogP contribution in [-0.4, -0.2) is 23.0 Å². The van der Waals surface area contributed by atoms with Crippen molar-refractivity contribution in [3.05, 3.63) is 47.7 Å². The van der Waals surface area contributed by atoms with Crippen molar-refractivity contribution in [3.63, 3.8) is 0 Å². The molecule has 0 radical (unpaired) electrons. The van der Waals surface area contributed by atoms with Gasteiger partial charge in [-0.1, -0.05) is 12.1 Å². The number of rotatable bonds is 2. The fraction of sp³-hybridized carbons (Fsp3) is 0.154. The summed E-state index contributed by atoms with van der Waals surface area (Å²) < 4.78 is 18.2. The molecule has 0 bridgehead atoms. The summed E-state index contributed by atoms with van der Waals surface area (Å²) in [4.78, 5) is 19.4. The smallest absolute Gasteiger partial charge is 0.376 e. The summed E-state index contributed by atoms with van der Waals surface area (Å²) in [6.07, 6.45) is 0. The summed E-state index contributed by atoms with van der Waals surface area (Å²) in [5.41, 5.74) is 1.26. The molecule has 0 saturated heterocycles. The zero-order valence-corrected chi connectivity index (χ0v) is 9.98. The minimum Gasteiger partial charge on any atom is -0.463 e. The van der Waals surface area contributed by atoms with Crippen LogP contribution in [0, 0.1) is 12.7 Å². The second-order valence-corrected chi connectivity index (χ2v) is 3.69. The van der Waals surface area contributed by atoms with Crippen LogP contribution in [0.3, 0.4) is 0 Å². The number of hydrogen-bond acceptors (Lipinski definition) is 4. The van der Waals surface area contributed by atoms with Crippen LogP contribution < -0.4 is 0 Å². The lowest BCUT2D eigenvalue weighted by Gasteiger charge is -2.05. The van der Waals surface area contributed by atoms with Gasteiger partial charge in [-0.2, -0.15) is 0 Å². The van der Waals surface area contributed by atoms with Gasteiger partial charge in [0.2, 0.25) is 5.82 Å². The summed E-state index contributed by atoms with van der Waals surface area (Å²) in [6.45, 7) is 1.71. The molecule has 18 heavy (non-hydrogen) atoms.